The molecule has 0 bridgehead atoms. The Morgan fingerprint density at radius 3 is 2.64 bits per heavy atom. The van der Waals surface area contributed by atoms with Gasteiger partial charge in [0.2, 0.25) is 5.91 Å². The van der Waals surface area contributed by atoms with E-state index in [9.17, 15) is 13.2 Å². The number of thioether (sulfide) groups is 1. The second-order valence-corrected chi connectivity index (χ2v) is 9.99. The van der Waals surface area contributed by atoms with Crippen LogP contribution >= 0.6 is 23.4 Å². The Bertz CT molecular complexity index is 793. The van der Waals surface area contributed by atoms with Gasteiger partial charge in [0.05, 0.1) is 29.3 Å². The molecule has 2 atom stereocenters. The summed E-state index contributed by atoms with van der Waals surface area (Å²) in [5.41, 5.74) is 1.03. The maximum atomic E-state index is 12.0. The lowest BCUT2D eigenvalue weighted by Gasteiger charge is -2.26. The highest BCUT2D eigenvalue weighted by molar-refractivity contribution is 8.14. The molecule has 0 saturated carbocycles. The number of aliphatic imine (C=N–C) groups is 1. The summed E-state index contributed by atoms with van der Waals surface area (Å²) in [6.45, 7) is 0.551. The molecule has 0 N–H and O–H groups in total. The Labute approximate surface area is 157 Å². The first-order chi connectivity index (χ1) is 11.7. The molecule has 3 rings (SSSR count). The zero-order chi connectivity index (χ0) is 18.2. The van der Waals surface area contributed by atoms with Crippen molar-refractivity contribution in [3.8, 4) is 0 Å². The van der Waals surface area contributed by atoms with Crippen molar-refractivity contribution in [2.75, 3.05) is 31.4 Å². The number of fused-ring (bicyclic) bond motifs is 1. The summed E-state index contributed by atoms with van der Waals surface area (Å²) in [6, 6.07) is 7.08. The first-order valence-electron chi connectivity index (χ1n) is 7.87. The number of amides is 1. The lowest BCUT2D eigenvalue weighted by molar-refractivity contribution is -0.125. The third-order valence-corrected chi connectivity index (χ3v) is 7.25. The highest BCUT2D eigenvalue weighted by Gasteiger charge is 2.46. The molecule has 1 aromatic rings. The Balaban J connectivity index is 1.78. The van der Waals surface area contributed by atoms with E-state index in [1.165, 1.54) is 16.7 Å². The van der Waals surface area contributed by atoms with E-state index in [4.69, 9.17) is 11.6 Å². The number of sulfone groups is 1. The molecule has 0 unspecified atom stereocenters. The van der Waals surface area contributed by atoms with Crippen molar-refractivity contribution in [1.29, 1.82) is 0 Å². The lowest BCUT2D eigenvalue weighted by atomic mass is 10.1. The molecule has 2 aliphatic heterocycles. The Hall–Kier alpha value is -1.25. The van der Waals surface area contributed by atoms with Crippen LogP contribution in [-0.4, -0.2) is 72.7 Å². The fraction of sp³-hybridized carbons (Fsp3) is 0.500. The van der Waals surface area contributed by atoms with Crippen molar-refractivity contribution in [1.82, 2.24) is 9.80 Å². The van der Waals surface area contributed by atoms with Gasteiger partial charge < -0.3 is 9.80 Å². The van der Waals surface area contributed by atoms with Crippen LogP contribution in [0.5, 0.6) is 0 Å². The SMILES string of the molecule is CN(C)C(=O)CSC1=N[C@H]2CS(=O)(=O)C[C@@H]2N1Cc1ccc(Cl)cc1. The molecule has 0 aromatic heterocycles. The van der Waals surface area contributed by atoms with Crippen molar-refractivity contribution < 1.29 is 13.2 Å². The van der Waals surface area contributed by atoms with E-state index >= 15 is 0 Å². The summed E-state index contributed by atoms with van der Waals surface area (Å²) in [5.74, 6) is 0.486. The van der Waals surface area contributed by atoms with Gasteiger partial charge in [-0.2, -0.15) is 0 Å². The van der Waals surface area contributed by atoms with E-state index < -0.39 is 9.84 Å². The number of carbonyl (C=O) groups is 1. The Kier molecular flexibility index (Phi) is 5.31. The molecule has 0 radical (unpaired) electrons. The number of carbonyl (C=O) groups excluding carboxylic acids is 1. The van der Waals surface area contributed by atoms with Gasteiger partial charge in [0.1, 0.15) is 0 Å². The van der Waals surface area contributed by atoms with Crippen LogP contribution < -0.4 is 0 Å². The van der Waals surface area contributed by atoms with Crippen molar-refractivity contribution in [2.45, 2.75) is 18.6 Å². The monoisotopic (exact) mass is 401 g/mol. The molecule has 136 valence electrons. The molecular weight excluding hydrogens is 382 g/mol. The van der Waals surface area contributed by atoms with E-state index in [2.05, 4.69) is 4.99 Å². The molecule has 1 aromatic carbocycles. The molecule has 2 heterocycles. The number of benzene rings is 1. The van der Waals surface area contributed by atoms with Gasteiger partial charge >= 0.3 is 0 Å². The minimum atomic E-state index is -3.06. The number of halogens is 1. The Morgan fingerprint density at radius 1 is 1.32 bits per heavy atom. The highest BCUT2D eigenvalue weighted by Crippen LogP contribution is 2.32. The van der Waals surface area contributed by atoms with Crippen molar-refractivity contribution in [3.63, 3.8) is 0 Å². The molecule has 0 spiro atoms. The van der Waals surface area contributed by atoms with E-state index in [0.29, 0.717) is 11.6 Å². The Morgan fingerprint density at radius 2 is 2.00 bits per heavy atom. The summed E-state index contributed by atoms with van der Waals surface area (Å²) >= 11 is 7.31. The normalized spacial score (nSPS) is 24.1. The first-order valence-corrected chi connectivity index (χ1v) is 11.1. The van der Waals surface area contributed by atoms with Crippen LogP contribution in [0.2, 0.25) is 5.02 Å². The average molecular weight is 402 g/mol. The molecule has 1 fully saturated rings. The van der Waals surface area contributed by atoms with Crippen LogP contribution in [0.25, 0.3) is 0 Å². The number of nitrogens with zero attached hydrogens (tertiary/aromatic N) is 3. The average Bonchev–Trinajstić information content (AvgIpc) is 2.99. The molecule has 1 amide bonds. The fourth-order valence-corrected chi connectivity index (χ4v) is 6.02. The van der Waals surface area contributed by atoms with Gasteiger partial charge in [-0.05, 0) is 17.7 Å². The van der Waals surface area contributed by atoms with Crippen LogP contribution in [0.3, 0.4) is 0 Å². The van der Waals surface area contributed by atoms with Gasteiger partial charge in [-0.15, -0.1) is 0 Å². The van der Waals surface area contributed by atoms with Gasteiger partial charge in [0, 0.05) is 25.7 Å². The number of hydrogen-bond acceptors (Lipinski definition) is 6. The molecule has 0 aliphatic carbocycles. The van der Waals surface area contributed by atoms with Gasteiger partial charge in [-0.25, -0.2) is 8.42 Å². The van der Waals surface area contributed by atoms with E-state index in [1.807, 2.05) is 29.2 Å². The summed E-state index contributed by atoms with van der Waals surface area (Å²) < 4.78 is 23.9. The summed E-state index contributed by atoms with van der Waals surface area (Å²) in [4.78, 5) is 20.0. The third-order valence-electron chi connectivity index (χ3n) is 4.31. The van der Waals surface area contributed by atoms with Crippen LogP contribution in [0.1, 0.15) is 5.56 Å². The molecule has 25 heavy (non-hydrogen) atoms. The maximum absolute atomic E-state index is 12.0. The smallest absolute Gasteiger partial charge is 0.232 e. The summed E-state index contributed by atoms with van der Waals surface area (Å²) in [5, 5.41) is 1.40. The minimum absolute atomic E-state index is 0.00354. The van der Waals surface area contributed by atoms with Crippen molar-refractivity contribution >= 4 is 44.3 Å². The first kappa shape index (κ1) is 18.5. The largest absolute Gasteiger partial charge is 0.348 e. The van der Waals surface area contributed by atoms with Crippen LogP contribution in [0, 0.1) is 0 Å². The van der Waals surface area contributed by atoms with Crippen LogP contribution in [0.4, 0.5) is 0 Å². The molecule has 1 saturated heterocycles. The van der Waals surface area contributed by atoms with E-state index in [1.54, 1.807) is 14.1 Å². The van der Waals surface area contributed by atoms with Crippen molar-refractivity contribution in [3.05, 3.63) is 34.9 Å². The van der Waals surface area contributed by atoms with Crippen LogP contribution in [-0.2, 0) is 21.2 Å². The standard InChI is InChI=1S/C16H20ClN3O3S2/c1-19(2)15(21)8-24-16-18-13-9-25(22,23)10-14(13)20(16)7-11-3-5-12(17)6-4-11/h3-6,13-14H,7-10H2,1-2H3/t13-,14-/m0/s1. The third kappa shape index (κ3) is 4.30. The van der Waals surface area contributed by atoms with Gasteiger partial charge in [0.25, 0.3) is 0 Å². The van der Waals surface area contributed by atoms with Crippen LogP contribution in [0.15, 0.2) is 29.3 Å². The fourth-order valence-electron chi connectivity index (χ4n) is 2.94. The second kappa shape index (κ2) is 7.17. The zero-order valence-corrected chi connectivity index (χ0v) is 16.4. The lowest BCUT2D eigenvalue weighted by Crippen LogP contribution is -2.38. The van der Waals surface area contributed by atoms with Gasteiger partial charge in [0.15, 0.2) is 15.0 Å². The molecule has 6 nitrogen and oxygen atoms in total. The van der Waals surface area contributed by atoms with E-state index in [-0.39, 0.29) is 35.2 Å². The predicted molar refractivity (Wildman–Crippen MR) is 102 cm³/mol. The topological polar surface area (TPSA) is 70.0 Å². The zero-order valence-electron chi connectivity index (χ0n) is 14.1. The maximum Gasteiger partial charge on any atom is 0.232 e. The highest BCUT2D eigenvalue weighted by atomic mass is 35.5. The van der Waals surface area contributed by atoms with E-state index in [0.717, 1.165) is 10.7 Å². The predicted octanol–water partition coefficient (Wildman–Crippen LogP) is 1.50. The second-order valence-electron chi connectivity index (χ2n) is 6.45. The minimum Gasteiger partial charge on any atom is -0.348 e. The van der Waals surface area contributed by atoms with Gasteiger partial charge in [-0.3, -0.25) is 9.79 Å². The summed E-state index contributed by atoms with van der Waals surface area (Å²) in [7, 11) is 0.369. The molecule has 2 aliphatic rings. The molecule has 9 heteroatoms. The van der Waals surface area contributed by atoms with Crippen molar-refractivity contribution in [2.24, 2.45) is 4.99 Å². The van der Waals surface area contributed by atoms with Gasteiger partial charge in [-0.1, -0.05) is 35.5 Å². The number of rotatable bonds is 4. The number of hydrogen-bond donors (Lipinski definition) is 0. The summed E-state index contributed by atoms with van der Waals surface area (Å²) in [6.07, 6.45) is 0. The molecular formula is C16H20ClN3O3S2. The number of amidine groups is 1. The quantitative estimate of drug-likeness (QED) is 0.764.